The summed E-state index contributed by atoms with van der Waals surface area (Å²) in [6.45, 7) is 0.564. The Morgan fingerprint density at radius 2 is 1.69 bits per heavy atom. The van der Waals surface area contributed by atoms with Crippen molar-refractivity contribution in [1.29, 1.82) is 0 Å². The van der Waals surface area contributed by atoms with Crippen LogP contribution in [0, 0.1) is 6.07 Å². The molecular formula is C26H16Cl3N2O. The lowest BCUT2D eigenvalue weighted by Gasteiger charge is -2.10. The molecule has 5 rings (SSSR count). The third-order valence-electron chi connectivity index (χ3n) is 5.53. The third kappa shape index (κ3) is 3.63. The zero-order valence-electron chi connectivity index (χ0n) is 16.7. The van der Waals surface area contributed by atoms with Gasteiger partial charge in [-0.3, -0.25) is 4.79 Å². The Balaban J connectivity index is 1.81. The number of aromatic nitrogens is 1. The van der Waals surface area contributed by atoms with Crippen molar-refractivity contribution in [2.75, 3.05) is 0 Å². The first kappa shape index (κ1) is 20.9. The molecule has 0 aliphatic heterocycles. The number of carbonyl (C=O) groups is 1. The predicted molar refractivity (Wildman–Crippen MR) is 133 cm³/mol. The largest absolute Gasteiger partial charge is 0.366 e. The number of nitrogens with zero attached hydrogens (tertiary/aromatic N) is 1. The second-order valence-electron chi connectivity index (χ2n) is 7.55. The van der Waals surface area contributed by atoms with E-state index in [4.69, 9.17) is 40.5 Å². The number of fused-ring (bicyclic) bond motifs is 3. The van der Waals surface area contributed by atoms with Crippen LogP contribution in [0.15, 0.2) is 72.8 Å². The molecular weight excluding hydrogens is 463 g/mol. The fourth-order valence-electron chi connectivity index (χ4n) is 4.13. The van der Waals surface area contributed by atoms with Crippen molar-refractivity contribution in [2.45, 2.75) is 6.54 Å². The second-order valence-corrected chi connectivity index (χ2v) is 8.83. The molecule has 0 unspecified atom stereocenters. The van der Waals surface area contributed by atoms with Gasteiger partial charge in [0.2, 0.25) is 5.91 Å². The molecule has 0 saturated heterocycles. The Kier molecular flexibility index (Phi) is 5.34. The Morgan fingerprint density at radius 1 is 0.906 bits per heavy atom. The van der Waals surface area contributed by atoms with Crippen LogP contribution in [0.3, 0.4) is 0 Å². The molecule has 0 bridgehead atoms. The number of hydrogen-bond acceptors (Lipinski definition) is 1. The molecule has 0 spiro atoms. The average molecular weight is 479 g/mol. The van der Waals surface area contributed by atoms with Crippen LogP contribution in [-0.4, -0.2) is 10.5 Å². The number of halogens is 3. The summed E-state index contributed by atoms with van der Waals surface area (Å²) >= 11 is 18.8. The van der Waals surface area contributed by atoms with Crippen LogP contribution in [0.25, 0.3) is 32.9 Å². The monoisotopic (exact) mass is 477 g/mol. The van der Waals surface area contributed by atoms with Crippen molar-refractivity contribution < 1.29 is 4.79 Å². The van der Waals surface area contributed by atoms with Crippen LogP contribution in [-0.2, 0) is 6.54 Å². The molecule has 4 aromatic carbocycles. The molecule has 0 aliphatic carbocycles. The first-order chi connectivity index (χ1) is 15.4. The summed E-state index contributed by atoms with van der Waals surface area (Å²) in [5, 5.41) is 3.41. The van der Waals surface area contributed by atoms with E-state index >= 15 is 0 Å². The molecule has 0 atom stereocenters. The SMILES string of the molecule is NC(=O)c1cccc2c1c1[c]cc(-c3ccc(Cl)cc3Cl)cc1n2Cc1cccc(Cl)c1. The topological polar surface area (TPSA) is 48.0 Å². The van der Waals surface area contributed by atoms with E-state index in [9.17, 15) is 4.79 Å². The van der Waals surface area contributed by atoms with E-state index in [-0.39, 0.29) is 0 Å². The summed E-state index contributed by atoms with van der Waals surface area (Å²) in [5.41, 5.74) is 10.8. The van der Waals surface area contributed by atoms with Gasteiger partial charge in [0.1, 0.15) is 0 Å². The molecule has 157 valence electrons. The molecule has 3 nitrogen and oxygen atoms in total. The van der Waals surface area contributed by atoms with Gasteiger partial charge in [0.15, 0.2) is 0 Å². The molecule has 1 radical (unpaired) electrons. The Bertz CT molecular complexity index is 1520. The lowest BCUT2D eigenvalue weighted by molar-refractivity contribution is 0.100. The number of carbonyl (C=O) groups excluding carboxylic acids is 1. The van der Waals surface area contributed by atoms with Crippen LogP contribution in [0.4, 0.5) is 0 Å². The lowest BCUT2D eigenvalue weighted by Crippen LogP contribution is -2.11. The lowest BCUT2D eigenvalue weighted by atomic mass is 10.0. The van der Waals surface area contributed by atoms with Gasteiger partial charge in [0, 0.05) is 43.5 Å². The minimum Gasteiger partial charge on any atom is -0.366 e. The molecule has 0 fully saturated rings. The number of benzene rings is 4. The summed E-state index contributed by atoms with van der Waals surface area (Å²) in [4.78, 5) is 12.2. The number of nitrogens with two attached hydrogens (primary N) is 1. The van der Waals surface area contributed by atoms with E-state index in [0.717, 1.165) is 38.5 Å². The van der Waals surface area contributed by atoms with E-state index in [1.54, 1.807) is 18.2 Å². The number of rotatable bonds is 4. The first-order valence-corrected chi connectivity index (χ1v) is 11.0. The highest BCUT2D eigenvalue weighted by Gasteiger charge is 2.18. The van der Waals surface area contributed by atoms with Crippen molar-refractivity contribution in [3.63, 3.8) is 0 Å². The first-order valence-electron chi connectivity index (χ1n) is 9.88. The molecule has 5 aromatic rings. The van der Waals surface area contributed by atoms with Crippen LogP contribution in [0.5, 0.6) is 0 Å². The van der Waals surface area contributed by atoms with E-state index in [2.05, 4.69) is 16.7 Å². The third-order valence-corrected chi connectivity index (χ3v) is 6.31. The zero-order valence-corrected chi connectivity index (χ0v) is 19.0. The smallest absolute Gasteiger partial charge is 0.249 e. The van der Waals surface area contributed by atoms with Gasteiger partial charge in [-0.2, -0.15) is 0 Å². The fraction of sp³-hybridized carbons (Fsp3) is 0.0385. The highest BCUT2D eigenvalue weighted by molar-refractivity contribution is 6.36. The Morgan fingerprint density at radius 3 is 2.44 bits per heavy atom. The summed E-state index contributed by atoms with van der Waals surface area (Å²) in [7, 11) is 0. The van der Waals surface area contributed by atoms with Gasteiger partial charge >= 0.3 is 0 Å². The summed E-state index contributed by atoms with van der Waals surface area (Å²) in [6.07, 6.45) is 0. The van der Waals surface area contributed by atoms with Gasteiger partial charge < -0.3 is 10.3 Å². The second kappa shape index (κ2) is 8.18. The van der Waals surface area contributed by atoms with Crippen molar-refractivity contribution in [3.05, 3.63) is 105 Å². The number of amides is 1. The van der Waals surface area contributed by atoms with Crippen LogP contribution < -0.4 is 5.73 Å². The van der Waals surface area contributed by atoms with E-state index in [1.807, 2.05) is 48.5 Å². The van der Waals surface area contributed by atoms with Crippen LogP contribution in [0.1, 0.15) is 15.9 Å². The summed E-state index contributed by atoms with van der Waals surface area (Å²) < 4.78 is 2.15. The molecule has 0 saturated carbocycles. The molecule has 2 N–H and O–H groups in total. The van der Waals surface area contributed by atoms with Gasteiger partial charge in [-0.15, -0.1) is 0 Å². The van der Waals surface area contributed by atoms with Gasteiger partial charge in [-0.1, -0.05) is 59.1 Å². The Labute approximate surface area is 199 Å². The quantitative estimate of drug-likeness (QED) is 0.288. The van der Waals surface area contributed by atoms with Crippen LogP contribution >= 0.6 is 34.8 Å². The maximum absolute atomic E-state index is 12.2. The Hall–Kier alpha value is -2.98. The molecule has 1 amide bonds. The highest BCUT2D eigenvalue weighted by Crippen LogP contribution is 2.37. The summed E-state index contributed by atoms with van der Waals surface area (Å²) in [5.74, 6) is -0.476. The summed E-state index contributed by atoms with van der Waals surface area (Å²) in [6, 6.07) is 26.0. The zero-order chi connectivity index (χ0) is 22.4. The van der Waals surface area contributed by atoms with Crippen molar-refractivity contribution in [1.82, 2.24) is 4.57 Å². The predicted octanol–water partition coefficient (Wildman–Crippen LogP) is 7.37. The van der Waals surface area contributed by atoms with Gasteiger partial charge in [0.05, 0.1) is 11.0 Å². The van der Waals surface area contributed by atoms with E-state index in [0.29, 0.717) is 27.2 Å². The van der Waals surface area contributed by atoms with Crippen molar-refractivity contribution in [2.24, 2.45) is 5.73 Å². The maximum atomic E-state index is 12.2. The molecule has 32 heavy (non-hydrogen) atoms. The number of primary amides is 1. The van der Waals surface area contributed by atoms with Gasteiger partial charge in [-0.25, -0.2) is 0 Å². The van der Waals surface area contributed by atoms with E-state index < -0.39 is 5.91 Å². The van der Waals surface area contributed by atoms with Gasteiger partial charge in [-0.05, 0) is 65.7 Å². The van der Waals surface area contributed by atoms with E-state index in [1.165, 1.54) is 0 Å². The molecule has 6 heteroatoms. The minimum absolute atomic E-state index is 0.464. The normalized spacial score (nSPS) is 11.3. The molecule has 1 aromatic heterocycles. The highest BCUT2D eigenvalue weighted by atomic mass is 35.5. The molecule has 0 aliphatic rings. The number of hydrogen-bond donors (Lipinski definition) is 1. The van der Waals surface area contributed by atoms with Crippen molar-refractivity contribution >= 4 is 62.5 Å². The van der Waals surface area contributed by atoms with Crippen LogP contribution in [0.2, 0.25) is 15.1 Å². The van der Waals surface area contributed by atoms with Crippen molar-refractivity contribution in [3.8, 4) is 11.1 Å². The minimum atomic E-state index is -0.476. The standard InChI is InChI=1S/C26H16Cl3N2O/c27-17-4-1-3-15(11-17)14-31-23-6-2-5-21(26(30)32)25(23)20-9-7-16(12-24(20)31)19-10-8-18(28)13-22(19)29/h1-8,10-13H,14H2,(H2,30,32). The molecule has 1 heterocycles. The fourth-order valence-corrected chi connectivity index (χ4v) is 4.86. The average Bonchev–Trinajstić information content (AvgIpc) is 3.07. The maximum Gasteiger partial charge on any atom is 0.249 e. The van der Waals surface area contributed by atoms with Gasteiger partial charge in [0.25, 0.3) is 0 Å².